The molecule has 1 aromatic carbocycles. The number of rotatable bonds is 3. The summed E-state index contributed by atoms with van der Waals surface area (Å²) in [5.41, 5.74) is 0.365. The third kappa shape index (κ3) is 2.93. The molecule has 0 bridgehead atoms. The smallest absolute Gasteiger partial charge is 0.103 e. The maximum Gasteiger partial charge on any atom is 0.103 e. The summed E-state index contributed by atoms with van der Waals surface area (Å²) in [6.45, 7) is 2.88. The van der Waals surface area contributed by atoms with Crippen LogP contribution in [0, 0.1) is 5.92 Å². The maximum atomic E-state index is 10.9. The van der Waals surface area contributed by atoms with Crippen molar-refractivity contribution in [3.63, 3.8) is 0 Å². The number of likely N-dealkylation sites (tertiary alicyclic amines) is 1. The predicted molar refractivity (Wildman–Crippen MR) is 81.0 cm³/mol. The van der Waals surface area contributed by atoms with Gasteiger partial charge in [-0.05, 0) is 42.9 Å². The van der Waals surface area contributed by atoms with E-state index in [1.54, 1.807) is 0 Å². The van der Waals surface area contributed by atoms with Crippen molar-refractivity contribution in [3.8, 4) is 0 Å². The van der Waals surface area contributed by atoms with Crippen LogP contribution in [0.25, 0.3) is 0 Å². The molecule has 0 spiro atoms. The molecule has 0 amide bonds. The van der Waals surface area contributed by atoms with Gasteiger partial charge in [-0.25, -0.2) is 0 Å². The molecule has 102 valence electrons. The normalized spacial score (nSPS) is 28.3. The highest BCUT2D eigenvalue weighted by molar-refractivity contribution is 9.10. The second-order valence-corrected chi connectivity index (χ2v) is 6.75. The average molecular weight is 322 g/mol. The Kier molecular flexibility index (Phi) is 3.79. The van der Waals surface area contributed by atoms with Crippen molar-refractivity contribution in [1.29, 1.82) is 0 Å². The summed E-state index contributed by atoms with van der Waals surface area (Å²) in [4.78, 5) is 2.42. The number of aliphatic hydroxyl groups is 1. The van der Waals surface area contributed by atoms with E-state index in [4.69, 9.17) is 0 Å². The number of β-amino-alcohol motifs (C(OH)–C–C–N with tert-alkyl or cyclic N) is 1. The van der Waals surface area contributed by atoms with Crippen molar-refractivity contribution >= 4 is 15.9 Å². The molecule has 0 radical (unpaired) electrons. The van der Waals surface area contributed by atoms with E-state index in [2.05, 4.69) is 33.0 Å². The van der Waals surface area contributed by atoms with E-state index in [1.807, 2.05) is 24.3 Å². The number of halogens is 1. The van der Waals surface area contributed by atoms with Crippen molar-refractivity contribution < 1.29 is 5.11 Å². The fourth-order valence-electron chi connectivity index (χ4n) is 3.23. The Labute approximate surface area is 123 Å². The SMILES string of the molecule is OC1(c2cccc(Br)c2)CCN(CC2CC=CC2)C1. The summed E-state index contributed by atoms with van der Waals surface area (Å²) >= 11 is 3.49. The third-order valence-electron chi connectivity index (χ3n) is 4.31. The molecule has 1 aromatic rings. The lowest BCUT2D eigenvalue weighted by atomic mass is 9.93. The van der Waals surface area contributed by atoms with Crippen LogP contribution < -0.4 is 0 Å². The van der Waals surface area contributed by atoms with Crippen molar-refractivity contribution in [2.45, 2.75) is 24.9 Å². The summed E-state index contributed by atoms with van der Waals surface area (Å²) < 4.78 is 1.04. The van der Waals surface area contributed by atoms with Crippen molar-refractivity contribution in [1.82, 2.24) is 4.90 Å². The van der Waals surface area contributed by atoms with E-state index < -0.39 is 5.60 Å². The van der Waals surface area contributed by atoms with Crippen LogP contribution in [0.5, 0.6) is 0 Å². The van der Waals surface area contributed by atoms with E-state index in [0.717, 1.165) is 42.0 Å². The second-order valence-electron chi connectivity index (χ2n) is 5.84. The number of hydrogen-bond donors (Lipinski definition) is 1. The predicted octanol–water partition coefficient (Wildman–Crippen LogP) is 3.31. The minimum absolute atomic E-state index is 0.671. The topological polar surface area (TPSA) is 23.5 Å². The minimum atomic E-state index is -0.671. The van der Waals surface area contributed by atoms with Gasteiger partial charge < -0.3 is 5.11 Å². The molecule has 1 atom stereocenters. The van der Waals surface area contributed by atoms with Crippen LogP contribution in [0.2, 0.25) is 0 Å². The monoisotopic (exact) mass is 321 g/mol. The van der Waals surface area contributed by atoms with E-state index in [1.165, 1.54) is 12.8 Å². The molecule has 0 aromatic heterocycles. The number of hydrogen-bond acceptors (Lipinski definition) is 2. The second kappa shape index (κ2) is 5.39. The zero-order valence-electron chi connectivity index (χ0n) is 11.1. The zero-order valence-corrected chi connectivity index (χ0v) is 12.6. The molecule has 1 fully saturated rings. The molecule has 1 aliphatic carbocycles. The quantitative estimate of drug-likeness (QED) is 0.863. The van der Waals surface area contributed by atoms with Gasteiger partial charge in [-0.2, -0.15) is 0 Å². The molecular formula is C16H20BrNO. The molecule has 1 aliphatic heterocycles. The van der Waals surface area contributed by atoms with E-state index in [9.17, 15) is 5.11 Å². The number of allylic oxidation sites excluding steroid dienone is 2. The first-order chi connectivity index (χ1) is 9.16. The van der Waals surface area contributed by atoms with Crippen LogP contribution in [-0.2, 0) is 5.60 Å². The van der Waals surface area contributed by atoms with E-state index >= 15 is 0 Å². The van der Waals surface area contributed by atoms with Crippen LogP contribution in [-0.4, -0.2) is 29.6 Å². The Hall–Kier alpha value is -0.640. The Morgan fingerprint density at radius 2 is 2.11 bits per heavy atom. The Morgan fingerprint density at radius 1 is 1.32 bits per heavy atom. The molecule has 2 nitrogen and oxygen atoms in total. The van der Waals surface area contributed by atoms with Crippen molar-refractivity contribution in [2.24, 2.45) is 5.92 Å². The highest BCUT2D eigenvalue weighted by Gasteiger charge is 2.38. The lowest BCUT2D eigenvalue weighted by molar-refractivity contribution is 0.0445. The van der Waals surface area contributed by atoms with Gasteiger partial charge in [0.25, 0.3) is 0 Å². The number of nitrogens with zero attached hydrogens (tertiary/aromatic N) is 1. The maximum absolute atomic E-state index is 10.9. The molecule has 1 N–H and O–H groups in total. The molecule has 3 rings (SSSR count). The van der Waals surface area contributed by atoms with Gasteiger partial charge in [0.1, 0.15) is 5.60 Å². The Balaban J connectivity index is 1.66. The van der Waals surface area contributed by atoms with Crippen LogP contribution in [0.3, 0.4) is 0 Å². The summed E-state index contributed by atoms with van der Waals surface area (Å²) in [6.07, 6.45) is 7.80. The van der Waals surface area contributed by atoms with Gasteiger partial charge in [0.2, 0.25) is 0 Å². The third-order valence-corrected chi connectivity index (χ3v) is 4.80. The highest BCUT2D eigenvalue weighted by atomic mass is 79.9. The van der Waals surface area contributed by atoms with Gasteiger partial charge in [0.15, 0.2) is 0 Å². The van der Waals surface area contributed by atoms with Crippen LogP contribution in [0.15, 0.2) is 40.9 Å². The summed E-state index contributed by atoms with van der Waals surface area (Å²) in [5.74, 6) is 0.754. The molecule has 1 unspecified atom stereocenters. The molecule has 1 heterocycles. The summed E-state index contributed by atoms with van der Waals surface area (Å²) in [6, 6.07) is 8.08. The standard InChI is InChI=1S/C16H20BrNO/c17-15-7-3-6-14(10-15)16(19)8-9-18(12-16)11-13-4-1-2-5-13/h1-3,6-7,10,13,19H,4-5,8-9,11-12H2. The highest BCUT2D eigenvalue weighted by Crippen LogP contribution is 2.34. The minimum Gasteiger partial charge on any atom is -0.384 e. The molecular weight excluding hydrogens is 302 g/mol. The molecule has 0 saturated carbocycles. The molecule has 19 heavy (non-hydrogen) atoms. The Bertz CT molecular complexity index is 479. The van der Waals surface area contributed by atoms with Gasteiger partial charge in [-0.3, -0.25) is 4.90 Å². The van der Waals surface area contributed by atoms with Gasteiger partial charge in [0, 0.05) is 24.1 Å². The fraction of sp³-hybridized carbons (Fsp3) is 0.500. The van der Waals surface area contributed by atoms with Gasteiger partial charge in [-0.15, -0.1) is 0 Å². The summed E-state index contributed by atoms with van der Waals surface area (Å²) in [7, 11) is 0. The van der Waals surface area contributed by atoms with Gasteiger partial charge in [-0.1, -0.05) is 40.2 Å². The van der Waals surface area contributed by atoms with Crippen molar-refractivity contribution in [2.75, 3.05) is 19.6 Å². The fourth-order valence-corrected chi connectivity index (χ4v) is 3.63. The molecule has 3 heteroatoms. The van der Waals surface area contributed by atoms with Crippen LogP contribution >= 0.6 is 15.9 Å². The average Bonchev–Trinajstić information content (AvgIpc) is 3.01. The lowest BCUT2D eigenvalue weighted by Crippen LogP contribution is -2.33. The lowest BCUT2D eigenvalue weighted by Gasteiger charge is -2.25. The zero-order chi connectivity index (χ0) is 13.3. The van der Waals surface area contributed by atoms with Crippen LogP contribution in [0.1, 0.15) is 24.8 Å². The largest absolute Gasteiger partial charge is 0.384 e. The first-order valence-corrected chi connectivity index (χ1v) is 7.81. The first-order valence-electron chi connectivity index (χ1n) is 7.01. The van der Waals surface area contributed by atoms with Crippen molar-refractivity contribution in [3.05, 3.63) is 46.5 Å². The first kappa shape index (κ1) is 13.3. The Morgan fingerprint density at radius 3 is 2.84 bits per heavy atom. The van der Waals surface area contributed by atoms with Gasteiger partial charge in [0.05, 0.1) is 0 Å². The van der Waals surface area contributed by atoms with E-state index in [0.29, 0.717) is 0 Å². The van der Waals surface area contributed by atoms with Gasteiger partial charge >= 0.3 is 0 Å². The molecule has 2 aliphatic rings. The molecule has 1 saturated heterocycles. The number of benzene rings is 1. The van der Waals surface area contributed by atoms with Crippen LogP contribution in [0.4, 0.5) is 0 Å². The summed E-state index contributed by atoms with van der Waals surface area (Å²) in [5, 5.41) is 10.9. The van der Waals surface area contributed by atoms with E-state index in [-0.39, 0.29) is 0 Å².